The van der Waals surface area contributed by atoms with Gasteiger partial charge < -0.3 is 5.32 Å². The van der Waals surface area contributed by atoms with Crippen LogP contribution in [0.15, 0.2) is 91.0 Å². The van der Waals surface area contributed by atoms with E-state index in [-0.39, 0.29) is 12.5 Å². The molecule has 1 amide bonds. The molecular formula is C23H21N5O. The molecule has 1 N–H and O–H groups in total. The summed E-state index contributed by atoms with van der Waals surface area (Å²) in [4.78, 5) is 11.5. The lowest BCUT2D eigenvalue weighted by atomic mass is 9.77. The zero-order valence-electron chi connectivity index (χ0n) is 16.1. The standard InChI is InChI=1S/C23H21N5O/c1-18(29)24-17-22-25-26-27-28(22)23(19-11-5-2-6-12-19,20-13-7-3-8-14-20)21-15-9-4-10-16-21/h2-16H,17H2,1H3,(H,24,29). The van der Waals surface area contributed by atoms with Gasteiger partial charge in [-0.1, -0.05) is 91.0 Å². The van der Waals surface area contributed by atoms with E-state index >= 15 is 0 Å². The molecule has 0 spiro atoms. The maximum atomic E-state index is 11.5. The highest BCUT2D eigenvalue weighted by molar-refractivity contribution is 5.72. The van der Waals surface area contributed by atoms with Gasteiger partial charge in [0.2, 0.25) is 5.91 Å². The van der Waals surface area contributed by atoms with Gasteiger partial charge in [0.25, 0.3) is 0 Å². The third kappa shape index (κ3) is 3.40. The molecule has 29 heavy (non-hydrogen) atoms. The lowest BCUT2D eigenvalue weighted by Crippen LogP contribution is -2.40. The van der Waals surface area contributed by atoms with E-state index in [0.717, 1.165) is 16.7 Å². The fourth-order valence-electron chi connectivity index (χ4n) is 3.68. The van der Waals surface area contributed by atoms with Gasteiger partial charge in [0.05, 0.1) is 6.54 Å². The number of carbonyl (C=O) groups is 1. The fourth-order valence-corrected chi connectivity index (χ4v) is 3.68. The molecular weight excluding hydrogens is 362 g/mol. The van der Waals surface area contributed by atoms with Crippen LogP contribution in [0.25, 0.3) is 0 Å². The van der Waals surface area contributed by atoms with Gasteiger partial charge in [0.15, 0.2) is 5.82 Å². The van der Waals surface area contributed by atoms with Crippen LogP contribution >= 0.6 is 0 Å². The summed E-state index contributed by atoms with van der Waals surface area (Å²) in [6.07, 6.45) is 0. The van der Waals surface area contributed by atoms with Crippen molar-refractivity contribution < 1.29 is 4.79 Å². The summed E-state index contributed by atoms with van der Waals surface area (Å²) in [5, 5.41) is 15.4. The predicted octanol–water partition coefficient (Wildman–Crippen LogP) is 3.15. The molecule has 0 radical (unpaired) electrons. The van der Waals surface area contributed by atoms with Crippen molar-refractivity contribution in [3.05, 3.63) is 114 Å². The minimum absolute atomic E-state index is 0.135. The number of carbonyl (C=O) groups excluding carboxylic acids is 1. The summed E-state index contributed by atoms with van der Waals surface area (Å²) >= 11 is 0. The molecule has 4 rings (SSSR count). The van der Waals surface area contributed by atoms with Crippen LogP contribution in [0.4, 0.5) is 0 Å². The van der Waals surface area contributed by atoms with Gasteiger partial charge in [-0.2, -0.15) is 0 Å². The van der Waals surface area contributed by atoms with Gasteiger partial charge in [0, 0.05) is 6.92 Å². The molecule has 6 heteroatoms. The Morgan fingerprint density at radius 3 is 1.69 bits per heavy atom. The molecule has 0 fully saturated rings. The lowest BCUT2D eigenvalue weighted by Gasteiger charge is -2.36. The topological polar surface area (TPSA) is 72.7 Å². The zero-order chi connectivity index (χ0) is 20.1. The summed E-state index contributed by atoms with van der Waals surface area (Å²) in [6, 6.07) is 30.5. The Labute approximate surface area is 169 Å². The Morgan fingerprint density at radius 1 is 0.828 bits per heavy atom. The molecule has 0 bridgehead atoms. The molecule has 0 saturated carbocycles. The highest BCUT2D eigenvalue weighted by atomic mass is 16.1. The van der Waals surface area contributed by atoms with Crippen molar-refractivity contribution in [3.8, 4) is 0 Å². The smallest absolute Gasteiger partial charge is 0.217 e. The highest BCUT2D eigenvalue weighted by Crippen LogP contribution is 2.40. The number of hydrogen-bond donors (Lipinski definition) is 1. The van der Waals surface area contributed by atoms with Crippen LogP contribution in [0, 0.1) is 0 Å². The van der Waals surface area contributed by atoms with E-state index in [4.69, 9.17) is 0 Å². The van der Waals surface area contributed by atoms with Crippen molar-refractivity contribution in [3.63, 3.8) is 0 Å². The Hall–Kier alpha value is -3.80. The van der Waals surface area contributed by atoms with E-state index in [9.17, 15) is 4.79 Å². The van der Waals surface area contributed by atoms with E-state index in [0.29, 0.717) is 5.82 Å². The highest BCUT2D eigenvalue weighted by Gasteiger charge is 2.41. The number of amides is 1. The molecule has 0 aliphatic rings. The normalized spacial score (nSPS) is 11.2. The first-order valence-corrected chi connectivity index (χ1v) is 9.41. The minimum Gasteiger partial charge on any atom is -0.349 e. The summed E-state index contributed by atoms with van der Waals surface area (Å²) in [6.45, 7) is 1.71. The third-order valence-electron chi connectivity index (χ3n) is 4.92. The van der Waals surface area contributed by atoms with Crippen molar-refractivity contribution in [2.45, 2.75) is 19.0 Å². The second-order valence-corrected chi connectivity index (χ2v) is 6.73. The zero-order valence-corrected chi connectivity index (χ0v) is 16.1. The molecule has 6 nitrogen and oxygen atoms in total. The maximum absolute atomic E-state index is 11.5. The van der Waals surface area contributed by atoms with Crippen LogP contribution in [-0.2, 0) is 16.9 Å². The summed E-state index contributed by atoms with van der Waals surface area (Å²) in [5.41, 5.74) is 2.28. The van der Waals surface area contributed by atoms with Gasteiger partial charge >= 0.3 is 0 Å². The first kappa shape index (κ1) is 18.6. The molecule has 0 aliphatic carbocycles. The SMILES string of the molecule is CC(=O)NCc1nnnn1C(c1ccccc1)(c1ccccc1)c1ccccc1. The van der Waals surface area contributed by atoms with Crippen molar-refractivity contribution in [2.75, 3.05) is 0 Å². The van der Waals surface area contributed by atoms with Crippen molar-refractivity contribution in [1.82, 2.24) is 25.5 Å². The van der Waals surface area contributed by atoms with Crippen LogP contribution in [0.5, 0.6) is 0 Å². The van der Waals surface area contributed by atoms with Crippen LogP contribution < -0.4 is 5.32 Å². The van der Waals surface area contributed by atoms with E-state index < -0.39 is 5.54 Å². The maximum Gasteiger partial charge on any atom is 0.217 e. The van der Waals surface area contributed by atoms with Crippen LogP contribution in [0.1, 0.15) is 29.4 Å². The molecule has 3 aromatic carbocycles. The number of hydrogen-bond acceptors (Lipinski definition) is 4. The Balaban J connectivity index is 2.05. The van der Waals surface area contributed by atoms with Gasteiger partial charge in [0.1, 0.15) is 5.54 Å². The van der Waals surface area contributed by atoms with Crippen molar-refractivity contribution >= 4 is 5.91 Å². The van der Waals surface area contributed by atoms with Crippen LogP contribution in [-0.4, -0.2) is 26.1 Å². The van der Waals surface area contributed by atoms with Gasteiger partial charge in [-0.3, -0.25) is 4.79 Å². The third-order valence-corrected chi connectivity index (χ3v) is 4.92. The molecule has 0 unspecified atom stereocenters. The first-order valence-electron chi connectivity index (χ1n) is 9.41. The monoisotopic (exact) mass is 383 g/mol. The van der Waals surface area contributed by atoms with E-state index in [1.54, 1.807) is 0 Å². The average Bonchev–Trinajstić information content (AvgIpc) is 3.24. The molecule has 4 aromatic rings. The largest absolute Gasteiger partial charge is 0.349 e. The van der Waals surface area contributed by atoms with E-state index in [1.807, 2.05) is 59.3 Å². The van der Waals surface area contributed by atoms with Crippen molar-refractivity contribution in [2.24, 2.45) is 0 Å². The van der Waals surface area contributed by atoms with Crippen molar-refractivity contribution in [1.29, 1.82) is 0 Å². The minimum atomic E-state index is -0.791. The number of aromatic nitrogens is 4. The second kappa shape index (κ2) is 8.06. The van der Waals surface area contributed by atoms with E-state index in [2.05, 4.69) is 57.2 Å². The predicted molar refractivity (Wildman–Crippen MR) is 110 cm³/mol. The molecule has 0 atom stereocenters. The van der Waals surface area contributed by atoms with Gasteiger partial charge in [-0.25, -0.2) is 4.68 Å². The number of nitrogens with one attached hydrogen (secondary N) is 1. The molecule has 1 heterocycles. The molecule has 0 saturated heterocycles. The molecule has 0 aliphatic heterocycles. The molecule has 1 aromatic heterocycles. The van der Waals surface area contributed by atoms with Crippen LogP contribution in [0.2, 0.25) is 0 Å². The summed E-state index contributed by atoms with van der Waals surface area (Å²) < 4.78 is 1.81. The quantitative estimate of drug-likeness (QED) is 0.519. The first-order chi connectivity index (χ1) is 14.2. The Morgan fingerprint density at radius 2 is 1.28 bits per heavy atom. The summed E-state index contributed by atoms with van der Waals surface area (Å²) in [5.74, 6) is 0.432. The lowest BCUT2D eigenvalue weighted by molar-refractivity contribution is -0.119. The number of rotatable bonds is 6. The fraction of sp³-hybridized carbons (Fsp3) is 0.130. The van der Waals surface area contributed by atoms with Gasteiger partial charge in [-0.05, 0) is 27.1 Å². The molecule has 144 valence electrons. The number of tetrazole rings is 1. The summed E-state index contributed by atoms with van der Waals surface area (Å²) in [7, 11) is 0. The van der Waals surface area contributed by atoms with E-state index in [1.165, 1.54) is 6.92 Å². The second-order valence-electron chi connectivity index (χ2n) is 6.73. The Bertz CT molecular complexity index is 981. The average molecular weight is 383 g/mol. The van der Waals surface area contributed by atoms with Gasteiger partial charge in [-0.15, -0.1) is 5.10 Å². The Kier molecular flexibility index (Phi) is 5.16. The number of nitrogens with zero attached hydrogens (tertiary/aromatic N) is 4. The van der Waals surface area contributed by atoms with Crippen LogP contribution in [0.3, 0.4) is 0 Å². The number of benzene rings is 3.